The van der Waals surface area contributed by atoms with Gasteiger partial charge in [0.15, 0.2) is 5.76 Å². The summed E-state index contributed by atoms with van der Waals surface area (Å²) in [6.45, 7) is 1.86. The molecule has 0 bridgehead atoms. The van der Waals surface area contributed by atoms with Crippen LogP contribution < -0.4 is 10.2 Å². The van der Waals surface area contributed by atoms with Crippen LogP contribution in [0, 0.1) is 6.92 Å². The van der Waals surface area contributed by atoms with Gasteiger partial charge in [-0.05, 0) is 43.3 Å². The Labute approximate surface area is 141 Å². The Balaban J connectivity index is 1.93. The van der Waals surface area contributed by atoms with Gasteiger partial charge in [-0.2, -0.15) is 0 Å². The maximum absolute atomic E-state index is 12.9. The number of hydrogen-bond donors (Lipinski definition) is 0. The summed E-state index contributed by atoms with van der Waals surface area (Å²) >= 11 is 0. The van der Waals surface area contributed by atoms with Crippen molar-refractivity contribution in [1.29, 1.82) is 0 Å². The molecule has 4 aromatic rings. The van der Waals surface area contributed by atoms with Gasteiger partial charge in [-0.25, -0.2) is 4.79 Å². The number of hydrogen-bond acceptors (Lipinski definition) is 6. The van der Waals surface area contributed by atoms with Crippen molar-refractivity contribution in [1.82, 2.24) is 0 Å². The SMILES string of the molecule is Cc1ccc2oc(-c3ccco3)c(OC(=O)c3ccco3)c(=O)c2c1. The van der Waals surface area contributed by atoms with Crippen molar-refractivity contribution in [2.24, 2.45) is 0 Å². The second-order valence-electron chi connectivity index (χ2n) is 5.43. The summed E-state index contributed by atoms with van der Waals surface area (Å²) in [6, 6.07) is 11.5. The molecule has 0 atom stereocenters. The van der Waals surface area contributed by atoms with Gasteiger partial charge in [0.05, 0.1) is 17.9 Å². The molecule has 6 heteroatoms. The minimum absolute atomic E-state index is 0.0193. The molecule has 0 saturated heterocycles. The first-order valence-corrected chi connectivity index (χ1v) is 7.50. The number of carbonyl (C=O) groups excluding carboxylic acids is 1. The monoisotopic (exact) mass is 336 g/mol. The minimum atomic E-state index is -0.794. The van der Waals surface area contributed by atoms with Crippen LogP contribution in [0.1, 0.15) is 16.1 Å². The normalized spacial score (nSPS) is 10.9. The Kier molecular flexibility index (Phi) is 3.50. The summed E-state index contributed by atoms with van der Waals surface area (Å²) in [6.07, 6.45) is 2.78. The smallest absolute Gasteiger partial charge is 0.379 e. The Bertz CT molecular complexity index is 1100. The van der Waals surface area contributed by atoms with E-state index in [-0.39, 0.29) is 23.0 Å². The van der Waals surface area contributed by atoms with Crippen LogP contribution >= 0.6 is 0 Å². The molecule has 3 heterocycles. The highest BCUT2D eigenvalue weighted by atomic mass is 16.6. The molecule has 0 spiro atoms. The minimum Gasteiger partial charge on any atom is -0.461 e. The van der Waals surface area contributed by atoms with Gasteiger partial charge in [-0.15, -0.1) is 0 Å². The van der Waals surface area contributed by atoms with Gasteiger partial charge in [-0.3, -0.25) is 4.79 Å². The lowest BCUT2D eigenvalue weighted by molar-refractivity contribution is 0.0698. The summed E-state index contributed by atoms with van der Waals surface area (Å²) in [5.41, 5.74) is 0.796. The molecule has 0 aliphatic carbocycles. The molecule has 0 unspecified atom stereocenters. The topological polar surface area (TPSA) is 82.8 Å². The van der Waals surface area contributed by atoms with Gasteiger partial charge in [-0.1, -0.05) is 11.6 Å². The number of esters is 1. The second-order valence-corrected chi connectivity index (χ2v) is 5.43. The number of aryl methyl sites for hydroxylation is 1. The van der Waals surface area contributed by atoms with Crippen LogP contribution in [0.15, 0.2) is 73.0 Å². The van der Waals surface area contributed by atoms with Crippen LogP contribution in [0.5, 0.6) is 5.75 Å². The van der Waals surface area contributed by atoms with Crippen molar-refractivity contribution in [2.75, 3.05) is 0 Å². The average molecular weight is 336 g/mol. The third kappa shape index (κ3) is 2.63. The molecular weight excluding hydrogens is 324 g/mol. The maximum atomic E-state index is 12.9. The van der Waals surface area contributed by atoms with E-state index < -0.39 is 11.4 Å². The van der Waals surface area contributed by atoms with E-state index in [2.05, 4.69) is 0 Å². The standard InChI is InChI=1S/C19H12O6/c1-11-6-7-13-12(10-11)16(20)18(17(24-13)14-4-2-8-22-14)25-19(21)15-5-3-9-23-15/h2-10H,1H3. The first kappa shape index (κ1) is 15.0. The van der Waals surface area contributed by atoms with Gasteiger partial charge in [0.2, 0.25) is 22.7 Å². The number of fused-ring (bicyclic) bond motifs is 1. The molecule has 3 aromatic heterocycles. The molecule has 0 aliphatic heterocycles. The van der Waals surface area contributed by atoms with E-state index in [4.69, 9.17) is 18.0 Å². The first-order chi connectivity index (χ1) is 12.1. The largest absolute Gasteiger partial charge is 0.461 e. The number of carbonyl (C=O) groups is 1. The molecule has 0 amide bonds. The molecule has 0 radical (unpaired) electrons. The summed E-state index contributed by atoms with van der Waals surface area (Å²) in [4.78, 5) is 25.1. The van der Waals surface area contributed by atoms with Crippen LogP contribution in [0.4, 0.5) is 0 Å². The molecule has 124 valence electrons. The molecular formula is C19H12O6. The summed E-state index contributed by atoms with van der Waals surface area (Å²) < 4.78 is 21.4. The lowest BCUT2D eigenvalue weighted by Crippen LogP contribution is -2.15. The Hall–Kier alpha value is -3.54. The summed E-state index contributed by atoms with van der Waals surface area (Å²) in [5, 5.41) is 0.317. The maximum Gasteiger partial charge on any atom is 0.379 e. The number of furan rings is 2. The van der Waals surface area contributed by atoms with Crippen molar-refractivity contribution in [2.45, 2.75) is 6.92 Å². The van der Waals surface area contributed by atoms with Crippen molar-refractivity contribution >= 4 is 16.9 Å². The van der Waals surface area contributed by atoms with Crippen molar-refractivity contribution < 1.29 is 22.8 Å². The highest BCUT2D eigenvalue weighted by molar-refractivity contribution is 5.90. The van der Waals surface area contributed by atoms with Crippen LogP contribution in [0.25, 0.3) is 22.5 Å². The second kappa shape index (κ2) is 5.83. The highest BCUT2D eigenvalue weighted by Gasteiger charge is 2.23. The van der Waals surface area contributed by atoms with E-state index in [1.54, 1.807) is 30.3 Å². The molecule has 6 nitrogen and oxygen atoms in total. The lowest BCUT2D eigenvalue weighted by atomic mass is 10.1. The molecule has 0 aliphatic rings. The molecule has 25 heavy (non-hydrogen) atoms. The zero-order valence-electron chi connectivity index (χ0n) is 13.1. The molecule has 1 aromatic carbocycles. The average Bonchev–Trinajstić information content (AvgIpc) is 3.31. The van der Waals surface area contributed by atoms with Crippen LogP contribution in [-0.2, 0) is 0 Å². The fraction of sp³-hybridized carbons (Fsp3) is 0.0526. The third-order valence-corrected chi connectivity index (χ3v) is 3.67. The fourth-order valence-electron chi connectivity index (χ4n) is 2.49. The van der Waals surface area contributed by atoms with Gasteiger partial charge in [0.1, 0.15) is 5.58 Å². The van der Waals surface area contributed by atoms with Crippen LogP contribution in [0.3, 0.4) is 0 Å². The Morgan fingerprint density at radius 3 is 2.56 bits per heavy atom. The van der Waals surface area contributed by atoms with E-state index in [9.17, 15) is 9.59 Å². The van der Waals surface area contributed by atoms with Gasteiger partial charge < -0.3 is 18.0 Å². The van der Waals surface area contributed by atoms with Gasteiger partial charge in [0, 0.05) is 0 Å². The molecule has 4 rings (SSSR count). The Morgan fingerprint density at radius 2 is 1.84 bits per heavy atom. The van der Waals surface area contributed by atoms with E-state index in [1.165, 1.54) is 18.6 Å². The Morgan fingerprint density at radius 1 is 1.04 bits per heavy atom. The van der Waals surface area contributed by atoms with Gasteiger partial charge in [0.25, 0.3) is 0 Å². The van der Waals surface area contributed by atoms with E-state index in [0.717, 1.165) is 5.56 Å². The first-order valence-electron chi connectivity index (χ1n) is 7.50. The van der Waals surface area contributed by atoms with Crippen molar-refractivity contribution in [3.63, 3.8) is 0 Å². The van der Waals surface area contributed by atoms with Crippen molar-refractivity contribution in [3.8, 4) is 17.3 Å². The van der Waals surface area contributed by atoms with E-state index >= 15 is 0 Å². The predicted octanol–water partition coefficient (Wildman–Crippen LogP) is 4.17. The highest BCUT2D eigenvalue weighted by Crippen LogP contribution is 2.31. The fourth-order valence-corrected chi connectivity index (χ4v) is 2.49. The number of ether oxygens (including phenoxy) is 1. The number of benzene rings is 1. The van der Waals surface area contributed by atoms with Crippen molar-refractivity contribution in [3.05, 3.63) is 76.5 Å². The van der Waals surface area contributed by atoms with Crippen LogP contribution in [0.2, 0.25) is 0 Å². The third-order valence-electron chi connectivity index (χ3n) is 3.67. The van der Waals surface area contributed by atoms with E-state index in [0.29, 0.717) is 11.0 Å². The summed E-state index contributed by atoms with van der Waals surface area (Å²) in [5.74, 6) is -0.728. The lowest BCUT2D eigenvalue weighted by Gasteiger charge is -2.08. The van der Waals surface area contributed by atoms with E-state index in [1.807, 2.05) is 13.0 Å². The molecule has 0 fully saturated rings. The zero-order chi connectivity index (χ0) is 17.4. The zero-order valence-corrected chi connectivity index (χ0v) is 13.1. The van der Waals surface area contributed by atoms with Crippen LogP contribution in [-0.4, -0.2) is 5.97 Å². The molecule has 0 saturated carbocycles. The molecule has 0 N–H and O–H groups in total. The quantitative estimate of drug-likeness (QED) is 0.522. The van der Waals surface area contributed by atoms with Gasteiger partial charge >= 0.3 is 5.97 Å². The predicted molar refractivity (Wildman–Crippen MR) is 88.6 cm³/mol. The number of rotatable bonds is 3. The summed E-state index contributed by atoms with van der Waals surface area (Å²) in [7, 11) is 0.